The first-order chi connectivity index (χ1) is 10.1. The molecule has 116 valence electrons. The number of fused-ring (bicyclic) bond motifs is 5. The summed E-state index contributed by atoms with van der Waals surface area (Å²) < 4.78 is 5.32. The number of hydrogen-bond donors (Lipinski definition) is 2. The van der Waals surface area contributed by atoms with Crippen LogP contribution in [0.5, 0.6) is 0 Å². The molecule has 2 amide bonds. The SMILES string of the molecule is NC(=O)C1(CNC(=O)C2[C@@H]3[C@H]4CC[C@@H](C4)[C@@H]23)CCOCC1. The van der Waals surface area contributed by atoms with E-state index in [2.05, 4.69) is 5.32 Å². The number of amides is 2. The van der Waals surface area contributed by atoms with E-state index in [9.17, 15) is 9.59 Å². The van der Waals surface area contributed by atoms with E-state index in [1.807, 2.05) is 0 Å². The summed E-state index contributed by atoms with van der Waals surface area (Å²) in [4.78, 5) is 24.3. The summed E-state index contributed by atoms with van der Waals surface area (Å²) in [5, 5.41) is 3.04. The molecule has 4 atom stereocenters. The Morgan fingerprint density at radius 1 is 1.14 bits per heavy atom. The molecular formula is C16H24N2O3. The predicted octanol–water partition coefficient (Wildman–Crippen LogP) is 0.677. The molecule has 0 unspecified atom stereocenters. The fourth-order valence-corrected chi connectivity index (χ4v) is 5.32. The maximum atomic E-state index is 12.5. The third-order valence-electron chi connectivity index (χ3n) is 6.61. The number of nitrogens with one attached hydrogen (secondary N) is 1. The molecule has 0 spiro atoms. The van der Waals surface area contributed by atoms with Crippen LogP contribution in [0.15, 0.2) is 0 Å². The van der Waals surface area contributed by atoms with Gasteiger partial charge in [-0.2, -0.15) is 0 Å². The van der Waals surface area contributed by atoms with E-state index < -0.39 is 5.41 Å². The van der Waals surface area contributed by atoms with Crippen LogP contribution in [0.1, 0.15) is 32.1 Å². The van der Waals surface area contributed by atoms with Gasteiger partial charge in [0.05, 0.1) is 5.41 Å². The van der Waals surface area contributed by atoms with Crippen molar-refractivity contribution in [3.8, 4) is 0 Å². The van der Waals surface area contributed by atoms with E-state index in [1.54, 1.807) is 0 Å². The van der Waals surface area contributed by atoms with Crippen LogP contribution >= 0.6 is 0 Å². The van der Waals surface area contributed by atoms with Crippen LogP contribution in [0.4, 0.5) is 0 Å². The first kappa shape index (κ1) is 13.6. The molecular weight excluding hydrogens is 268 g/mol. The summed E-state index contributed by atoms with van der Waals surface area (Å²) in [6.07, 6.45) is 5.22. The monoisotopic (exact) mass is 292 g/mol. The number of ether oxygens (including phenoxy) is 1. The van der Waals surface area contributed by atoms with Gasteiger partial charge in [0.15, 0.2) is 0 Å². The lowest BCUT2D eigenvalue weighted by Crippen LogP contribution is -2.50. The van der Waals surface area contributed by atoms with Crippen molar-refractivity contribution in [3.63, 3.8) is 0 Å². The van der Waals surface area contributed by atoms with Gasteiger partial charge < -0.3 is 15.8 Å². The van der Waals surface area contributed by atoms with Gasteiger partial charge in [0.2, 0.25) is 11.8 Å². The lowest BCUT2D eigenvalue weighted by atomic mass is 9.79. The Balaban J connectivity index is 1.36. The standard InChI is InChI=1S/C16H24N2O3/c17-15(20)16(3-5-21-6-4-16)8-18-14(19)13-11-9-1-2-10(7-9)12(11)13/h9-13H,1-8H2,(H2,17,20)(H,18,19)/t9-,10-,11+,12+/m0/s1. The Morgan fingerprint density at radius 2 is 1.76 bits per heavy atom. The molecule has 5 heteroatoms. The van der Waals surface area contributed by atoms with Crippen LogP contribution in [0.25, 0.3) is 0 Å². The van der Waals surface area contributed by atoms with Crippen molar-refractivity contribution >= 4 is 11.8 Å². The number of hydrogen-bond acceptors (Lipinski definition) is 3. The Bertz CT molecular complexity index is 456. The van der Waals surface area contributed by atoms with Crippen molar-refractivity contribution in [2.75, 3.05) is 19.8 Å². The maximum Gasteiger partial charge on any atom is 0.225 e. The second-order valence-electron chi connectivity index (χ2n) is 7.49. The molecule has 1 aliphatic heterocycles. The molecule has 3 N–H and O–H groups in total. The highest BCUT2D eigenvalue weighted by Crippen LogP contribution is 2.69. The summed E-state index contributed by atoms with van der Waals surface area (Å²) in [5.41, 5.74) is 4.98. The van der Waals surface area contributed by atoms with Gasteiger partial charge in [-0.05, 0) is 55.8 Å². The topological polar surface area (TPSA) is 81.4 Å². The summed E-state index contributed by atoms with van der Waals surface area (Å²) in [6.45, 7) is 1.49. The van der Waals surface area contributed by atoms with E-state index >= 15 is 0 Å². The molecule has 4 rings (SSSR count). The smallest absolute Gasteiger partial charge is 0.225 e. The zero-order valence-electron chi connectivity index (χ0n) is 12.3. The van der Waals surface area contributed by atoms with Crippen LogP contribution < -0.4 is 11.1 Å². The lowest BCUT2D eigenvalue weighted by molar-refractivity contribution is -0.134. The Morgan fingerprint density at radius 3 is 2.33 bits per heavy atom. The second kappa shape index (κ2) is 4.70. The van der Waals surface area contributed by atoms with Crippen LogP contribution in [0.3, 0.4) is 0 Å². The van der Waals surface area contributed by atoms with Gasteiger partial charge in [-0.15, -0.1) is 0 Å². The maximum absolute atomic E-state index is 12.5. The number of carbonyl (C=O) groups is 2. The van der Waals surface area contributed by atoms with Gasteiger partial charge in [-0.25, -0.2) is 0 Å². The van der Waals surface area contributed by atoms with Gasteiger partial charge in [0, 0.05) is 25.7 Å². The molecule has 21 heavy (non-hydrogen) atoms. The molecule has 1 saturated heterocycles. The summed E-state index contributed by atoms with van der Waals surface area (Å²) in [5.74, 6) is 2.95. The minimum absolute atomic E-state index is 0.161. The highest BCUT2D eigenvalue weighted by molar-refractivity contribution is 5.85. The Kier molecular flexibility index (Phi) is 3.03. The fourth-order valence-electron chi connectivity index (χ4n) is 5.32. The summed E-state index contributed by atoms with van der Waals surface area (Å²) in [6, 6.07) is 0. The molecule has 0 aromatic rings. The molecule has 1 heterocycles. The van der Waals surface area contributed by atoms with Gasteiger partial charge in [-0.3, -0.25) is 9.59 Å². The van der Waals surface area contributed by atoms with Crippen molar-refractivity contribution < 1.29 is 14.3 Å². The van der Waals surface area contributed by atoms with E-state index in [1.165, 1.54) is 19.3 Å². The quantitative estimate of drug-likeness (QED) is 0.799. The highest BCUT2D eigenvalue weighted by Gasteiger charge is 2.67. The third-order valence-corrected chi connectivity index (χ3v) is 6.61. The molecule has 0 radical (unpaired) electrons. The van der Waals surface area contributed by atoms with Crippen molar-refractivity contribution in [2.24, 2.45) is 40.7 Å². The van der Waals surface area contributed by atoms with Crippen molar-refractivity contribution in [1.82, 2.24) is 5.32 Å². The molecule has 2 bridgehead atoms. The average Bonchev–Trinajstić information content (AvgIpc) is 2.93. The van der Waals surface area contributed by atoms with Gasteiger partial charge in [0.1, 0.15) is 0 Å². The first-order valence-electron chi connectivity index (χ1n) is 8.28. The number of carbonyl (C=O) groups excluding carboxylic acids is 2. The van der Waals surface area contributed by atoms with Crippen LogP contribution in [0.2, 0.25) is 0 Å². The minimum atomic E-state index is -0.600. The molecule has 3 aliphatic carbocycles. The van der Waals surface area contributed by atoms with Crippen LogP contribution in [-0.4, -0.2) is 31.6 Å². The summed E-state index contributed by atoms with van der Waals surface area (Å²) in [7, 11) is 0. The minimum Gasteiger partial charge on any atom is -0.381 e. The number of nitrogens with two attached hydrogens (primary N) is 1. The summed E-state index contributed by atoms with van der Waals surface area (Å²) >= 11 is 0. The molecule has 5 nitrogen and oxygen atoms in total. The fraction of sp³-hybridized carbons (Fsp3) is 0.875. The molecule has 4 aliphatic rings. The zero-order valence-corrected chi connectivity index (χ0v) is 12.3. The van der Waals surface area contributed by atoms with Crippen molar-refractivity contribution in [1.29, 1.82) is 0 Å². The number of primary amides is 1. The normalized spacial score (nSPS) is 42.4. The predicted molar refractivity (Wildman–Crippen MR) is 76.0 cm³/mol. The van der Waals surface area contributed by atoms with Gasteiger partial charge in [-0.1, -0.05) is 0 Å². The number of rotatable bonds is 4. The van der Waals surface area contributed by atoms with Gasteiger partial charge in [0.25, 0.3) is 0 Å². The van der Waals surface area contributed by atoms with Crippen LogP contribution in [-0.2, 0) is 14.3 Å². The first-order valence-corrected chi connectivity index (χ1v) is 8.28. The Hall–Kier alpha value is -1.10. The highest BCUT2D eigenvalue weighted by atomic mass is 16.5. The van der Waals surface area contributed by atoms with E-state index in [4.69, 9.17) is 10.5 Å². The van der Waals surface area contributed by atoms with Crippen molar-refractivity contribution in [2.45, 2.75) is 32.1 Å². The third kappa shape index (κ3) is 2.00. The molecule has 3 saturated carbocycles. The van der Waals surface area contributed by atoms with E-state index in [-0.39, 0.29) is 17.7 Å². The van der Waals surface area contributed by atoms with Gasteiger partial charge >= 0.3 is 0 Å². The second-order valence-corrected chi connectivity index (χ2v) is 7.49. The lowest BCUT2D eigenvalue weighted by Gasteiger charge is -2.34. The van der Waals surface area contributed by atoms with Crippen LogP contribution in [0, 0.1) is 35.0 Å². The molecule has 0 aromatic heterocycles. The zero-order chi connectivity index (χ0) is 14.6. The Labute approximate surface area is 125 Å². The van der Waals surface area contributed by atoms with Crippen molar-refractivity contribution in [3.05, 3.63) is 0 Å². The van der Waals surface area contributed by atoms with E-state index in [0.29, 0.717) is 44.4 Å². The largest absolute Gasteiger partial charge is 0.381 e. The molecule has 0 aromatic carbocycles. The van der Waals surface area contributed by atoms with E-state index in [0.717, 1.165) is 11.8 Å². The molecule has 4 fully saturated rings. The average molecular weight is 292 g/mol.